The zero-order valence-corrected chi connectivity index (χ0v) is 18.0. The Hall–Kier alpha value is -2.00. The van der Waals surface area contributed by atoms with Crippen LogP contribution >= 0.6 is 0 Å². The van der Waals surface area contributed by atoms with E-state index in [1.165, 1.54) is 14.0 Å². The molecule has 29 heavy (non-hydrogen) atoms. The molecule has 0 saturated carbocycles. The topological polar surface area (TPSA) is 125 Å². The van der Waals surface area contributed by atoms with Crippen molar-refractivity contribution in [1.29, 1.82) is 0 Å². The molecule has 2 rings (SSSR count). The van der Waals surface area contributed by atoms with Crippen LogP contribution in [0.3, 0.4) is 0 Å². The van der Waals surface area contributed by atoms with E-state index in [4.69, 9.17) is 20.1 Å². The summed E-state index contributed by atoms with van der Waals surface area (Å²) in [5.74, 6) is 2.80. The summed E-state index contributed by atoms with van der Waals surface area (Å²) in [6.45, 7) is 8.09. The Morgan fingerprint density at radius 3 is 2.34 bits per heavy atom. The number of carbonyl (C=O) groups is 4. The normalized spacial score (nSPS) is 40.2. The van der Waals surface area contributed by atoms with Crippen LogP contribution in [-0.4, -0.2) is 59.6 Å². The van der Waals surface area contributed by atoms with Gasteiger partial charge in [-0.15, -0.1) is 0 Å². The quantitative estimate of drug-likeness (QED) is 0.298. The molecule has 0 aromatic heterocycles. The lowest BCUT2D eigenvalue weighted by atomic mass is 9.77. The van der Waals surface area contributed by atoms with Gasteiger partial charge in [-0.1, -0.05) is 13.8 Å². The molecule has 2 aliphatic rings. The molecule has 1 amide bonds. The first-order valence-electron chi connectivity index (χ1n) is 9.90. The molecular weight excluding hydrogens is 380 g/mol. The Morgan fingerprint density at radius 2 is 1.76 bits per heavy atom. The maximum absolute atomic E-state index is 13.2. The van der Waals surface area contributed by atoms with Gasteiger partial charge in [0.2, 0.25) is 0 Å². The van der Waals surface area contributed by atoms with Crippen molar-refractivity contribution in [2.75, 3.05) is 13.7 Å². The third kappa shape index (κ3) is 4.61. The van der Waals surface area contributed by atoms with Crippen molar-refractivity contribution in [1.82, 2.24) is 5.01 Å². The first kappa shape index (κ1) is 23.3. The summed E-state index contributed by atoms with van der Waals surface area (Å²) >= 11 is 0. The van der Waals surface area contributed by atoms with Gasteiger partial charge >= 0.3 is 12.1 Å². The van der Waals surface area contributed by atoms with E-state index >= 15 is 0 Å². The highest BCUT2D eigenvalue weighted by Gasteiger charge is 2.55. The summed E-state index contributed by atoms with van der Waals surface area (Å²) in [4.78, 5) is 50.1. The zero-order chi connectivity index (χ0) is 22.1. The third-order valence-corrected chi connectivity index (χ3v) is 6.33. The monoisotopic (exact) mass is 412 g/mol. The lowest BCUT2D eigenvalue weighted by Crippen LogP contribution is -2.55. The maximum Gasteiger partial charge on any atom is 0.425 e. The van der Waals surface area contributed by atoms with Gasteiger partial charge in [0, 0.05) is 25.4 Å². The molecule has 2 fully saturated rings. The van der Waals surface area contributed by atoms with E-state index in [1.807, 2.05) is 6.92 Å². The standard InChI is InChI=1S/C20H32N2O7/c1-11-9-19(4,27-6)8-7-14(23)12(2)17(25)28-10-20(5)16(13(3)15(11)24)22(21)18(26)29-20/h11-13,16H,7-10,21H2,1-6H3/t11-,12?,13?,16?,19+,20-/m1/s1. The number of methoxy groups -OCH3 is 1. The van der Waals surface area contributed by atoms with E-state index in [9.17, 15) is 19.2 Å². The highest BCUT2D eigenvalue weighted by molar-refractivity contribution is 5.98. The molecule has 2 saturated heterocycles. The van der Waals surface area contributed by atoms with E-state index in [1.54, 1.807) is 20.8 Å². The summed E-state index contributed by atoms with van der Waals surface area (Å²) in [6.07, 6.45) is 0.0954. The molecule has 6 atom stereocenters. The number of esters is 1. The van der Waals surface area contributed by atoms with Crippen LogP contribution in [-0.2, 0) is 28.6 Å². The van der Waals surface area contributed by atoms with Crippen molar-refractivity contribution in [3.05, 3.63) is 0 Å². The van der Waals surface area contributed by atoms with Crippen LogP contribution in [0.15, 0.2) is 0 Å². The Kier molecular flexibility index (Phi) is 6.74. The molecule has 2 N–H and O–H groups in total. The number of ketones is 2. The van der Waals surface area contributed by atoms with Crippen LogP contribution in [0.4, 0.5) is 4.79 Å². The van der Waals surface area contributed by atoms with Crippen molar-refractivity contribution in [2.45, 2.75) is 71.1 Å². The smallest absolute Gasteiger partial charge is 0.425 e. The summed E-state index contributed by atoms with van der Waals surface area (Å²) < 4.78 is 16.3. The Balaban J connectivity index is 2.42. The molecule has 9 heteroatoms. The molecule has 0 aliphatic carbocycles. The van der Waals surface area contributed by atoms with Crippen LogP contribution in [0.2, 0.25) is 0 Å². The van der Waals surface area contributed by atoms with Crippen molar-refractivity contribution in [2.24, 2.45) is 23.6 Å². The fourth-order valence-electron chi connectivity index (χ4n) is 4.32. The maximum atomic E-state index is 13.2. The second-order valence-corrected chi connectivity index (χ2v) is 8.78. The number of nitrogens with zero attached hydrogens (tertiary/aromatic N) is 1. The minimum absolute atomic E-state index is 0.110. The van der Waals surface area contributed by atoms with E-state index < -0.39 is 47.1 Å². The number of nitrogens with two attached hydrogens (primary N) is 1. The molecule has 3 unspecified atom stereocenters. The summed E-state index contributed by atoms with van der Waals surface area (Å²) in [6, 6.07) is -0.819. The summed E-state index contributed by atoms with van der Waals surface area (Å²) in [5, 5.41) is 0.888. The molecular formula is C20H32N2O7. The first-order chi connectivity index (χ1) is 13.3. The second kappa shape index (κ2) is 8.39. The van der Waals surface area contributed by atoms with Crippen LogP contribution in [0, 0.1) is 17.8 Å². The third-order valence-electron chi connectivity index (χ3n) is 6.33. The summed E-state index contributed by atoms with van der Waals surface area (Å²) in [7, 11) is 1.54. The van der Waals surface area contributed by atoms with Gasteiger partial charge in [0.25, 0.3) is 0 Å². The van der Waals surface area contributed by atoms with Crippen LogP contribution in [0.5, 0.6) is 0 Å². The molecule has 9 nitrogen and oxygen atoms in total. The van der Waals surface area contributed by atoms with Gasteiger partial charge in [-0.25, -0.2) is 15.6 Å². The summed E-state index contributed by atoms with van der Waals surface area (Å²) in [5.41, 5.74) is -2.03. The largest absolute Gasteiger partial charge is 0.461 e. The number of rotatable bonds is 1. The minimum Gasteiger partial charge on any atom is -0.461 e. The fourth-order valence-corrected chi connectivity index (χ4v) is 4.32. The van der Waals surface area contributed by atoms with Crippen LogP contribution in [0.1, 0.15) is 53.9 Å². The Morgan fingerprint density at radius 1 is 1.14 bits per heavy atom. The van der Waals surface area contributed by atoms with Gasteiger partial charge in [0.05, 0.1) is 5.60 Å². The lowest BCUT2D eigenvalue weighted by molar-refractivity contribution is -0.158. The molecule has 0 aromatic rings. The average Bonchev–Trinajstić information content (AvgIpc) is 2.90. The molecule has 0 radical (unpaired) electrons. The number of Topliss-reactive ketones (excluding diaryl/α,β-unsaturated/α-hetero) is 2. The van der Waals surface area contributed by atoms with Crippen molar-refractivity contribution >= 4 is 23.6 Å². The Labute approximate surface area is 171 Å². The number of hydrogen-bond donors (Lipinski definition) is 1. The molecule has 0 bridgehead atoms. The van der Waals surface area contributed by atoms with E-state index in [0.29, 0.717) is 12.8 Å². The highest BCUT2D eigenvalue weighted by Crippen LogP contribution is 2.36. The van der Waals surface area contributed by atoms with Gasteiger partial charge in [0.15, 0.2) is 5.60 Å². The number of hydrazine groups is 1. The Bertz CT molecular complexity index is 696. The molecule has 164 valence electrons. The van der Waals surface area contributed by atoms with Crippen LogP contribution in [0.25, 0.3) is 0 Å². The molecule has 2 heterocycles. The highest BCUT2D eigenvalue weighted by atomic mass is 16.6. The van der Waals surface area contributed by atoms with Gasteiger partial charge < -0.3 is 14.2 Å². The van der Waals surface area contributed by atoms with Gasteiger partial charge in [0.1, 0.15) is 30.1 Å². The SMILES string of the molecule is CO[C@@]1(C)CCC(=O)C(C)C(=O)OC[C@@]2(C)OC(=O)N(N)C2C(C)C(=O)[C@H](C)C1. The zero-order valence-electron chi connectivity index (χ0n) is 18.0. The van der Waals surface area contributed by atoms with E-state index in [-0.39, 0.29) is 24.6 Å². The molecule has 0 aromatic carbocycles. The lowest BCUT2D eigenvalue weighted by Gasteiger charge is -2.36. The van der Waals surface area contributed by atoms with Crippen molar-refractivity contribution < 1.29 is 33.4 Å². The van der Waals surface area contributed by atoms with E-state index in [2.05, 4.69) is 0 Å². The molecule has 0 spiro atoms. The first-order valence-corrected chi connectivity index (χ1v) is 9.90. The number of fused-ring (bicyclic) bond motifs is 1. The van der Waals surface area contributed by atoms with Crippen molar-refractivity contribution in [3.8, 4) is 0 Å². The minimum atomic E-state index is -1.31. The number of cyclic esters (lactones) is 1. The predicted molar refractivity (Wildman–Crippen MR) is 102 cm³/mol. The van der Waals surface area contributed by atoms with Gasteiger partial charge in [-0.05, 0) is 33.6 Å². The van der Waals surface area contributed by atoms with Crippen molar-refractivity contribution in [3.63, 3.8) is 0 Å². The fraction of sp³-hybridized carbons (Fsp3) is 0.800. The van der Waals surface area contributed by atoms with Crippen LogP contribution < -0.4 is 5.84 Å². The number of amides is 1. The number of carbonyl (C=O) groups excluding carboxylic acids is 4. The number of ether oxygens (including phenoxy) is 3. The predicted octanol–water partition coefficient (Wildman–Crippen LogP) is 1.62. The van der Waals surface area contributed by atoms with Gasteiger partial charge in [-0.3, -0.25) is 14.4 Å². The molecule has 2 aliphatic heterocycles. The van der Waals surface area contributed by atoms with E-state index in [0.717, 1.165) is 5.01 Å². The second-order valence-electron chi connectivity index (χ2n) is 8.78. The average molecular weight is 412 g/mol. The van der Waals surface area contributed by atoms with Gasteiger partial charge in [-0.2, -0.15) is 0 Å². The number of hydrogen-bond acceptors (Lipinski definition) is 8.